The Morgan fingerprint density at radius 3 is 2.86 bits per heavy atom. The van der Waals surface area contributed by atoms with Crippen LogP contribution in [0.2, 0.25) is 5.02 Å². The number of methoxy groups -OCH3 is 1. The molecule has 21 heavy (non-hydrogen) atoms. The van der Waals surface area contributed by atoms with E-state index in [0.29, 0.717) is 0 Å². The van der Waals surface area contributed by atoms with Crippen LogP contribution in [0.1, 0.15) is 30.5 Å². The maximum atomic E-state index is 6.16. The van der Waals surface area contributed by atoms with Gasteiger partial charge in [-0.1, -0.05) is 18.5 Å². The first-order valence-electron chi connectivity index (χ1n) is 7.18. The Bertz CT molecular complexity index is 583. The molecule has 0 aliphatic rings. The van der Waals surface area contributed by atoms with Gasteiger partial charge in [-0.15, -0.1) is 0 Å². The van der Waals surface area contributed by atoms with Gasteiger partial charge in [-0.2, -0.15) is 5.10 Å². The van der Waals surface area contributed by atoms with Gasteiger partial charge in [0, 0.05) is 29.9 Å². The van der Waals surface area contributed by atoms with E-state index in [0.717, 1.165) is 35.7 Å². The predicted molar refractivity (Wildman–Crippen MR) is 86.0 cm³/mol. The highest BCUT2D eigenvalue weighted by Gasteiger charge is 2.17. The lowest BCUT2D eigenvalue weighted by atomic mass is 9.99. The summed E-state index contributed by atoms with van der Waals surface area (Å²) >= 11 is 6.16. The molecule has 114 valence electrons. The van der Waals surface area contributed by atoms with Gasteiger partial charge in [0.2, 0.25) is 0 Å². The molecule has 4 nitrogen and oxygen atoms in total. The Balaban J connectivity index is 2.28. The molecule has 0 bridgehead atoms. The largest absolute Gasteiger partial charge is 0.496 e. The van der Waals surface area contributed by atoms with Crippen LogP contribution in [-0.2, 0) is 13.5 Å². The molecule has 0 aliphatic carbocycles. The first kappa shape index (κ1) is 15.9. The van der Waals surface area contributed by atoms with Crippen LogP contribution in [0.15, 0.2) is 30.6 Å². The van der Waals surface area contributed by atoms with Crippen molar-refractivity contribution in [2.75, 3.05) is 13.7 Å². The fourth-order valence-corrected chi connectivity index (χ4v) is 2.58. The lowest BCUT2D eigenvalue weighted by molar-refractivity contribution is 0.398. The van der Waals surface area contributed by atoms with Crippen LogP contribution in [0.3, 0.4) is 0 Å². The van der Waals surface area contributed by atoms with Crippen LogP contribution in [-0.4, -0.2) is 23.4 Å². The van der Waals surface area contributed by atoms with Gasteiger partial charge in [-0.05, 0) is 43.1 Å². The first-order valence-corrected chi connectivity index (χ1v) is 7.56. The van der Waals surface area contributed by atoms with Crippen molar-refractivity contribution in [3.63, 3.8) is 0 Å². The Morgan fingerprint density at radius 1 is 1.43 bits per heavy atom. The summed E-state index contributed by atoms with van der Waals surface area (Å²) in [5, 5.41) is 8.53. The maximum absolute atomic E-state index is 6.16. The number of aromatic nitrogens is 2. The smallest absolute Gasteiger partial charge is 0.123 e. The van der Waals surface area contributed by atoms with Gasteiger partial charge in [0.15, 0.2) is 0 Å². The summed E-state index contributed by atoms with van der Waals surface area (Å²) < 4.78 is 7.31. The molecule has 1 heterocycles. The Morgan fingerprint density at radius 2 is 2.24 bits per heavy atom. The van der Waals surface area contributed by atoms with Gasteiger partial charge >= 0.3 is 0 Å². The fraction of sp³-hybridized carbons (Fsp3) is 0.438. The number of halogens is 1. The van der Waals surface area contributed by atoms with Crippen LogP contribution in [0.5, 0.6) is 5.75 Å². The minimum Gasteiger partial charge on any atom is -0.496 e. The molecule has 1 aromatic heterocycles. The molecular formula is C16H22ClN3O. The van der Waals surface area contributed by atoms with E-state index >= 15 is 0 Å². The molecule has 1 unspecified atom stereocenters. The molecule has 0 saturated heterocycles. The number of aryl methyl sites for hydroxylation is 1. The Hall–Kier alpha value is -1.52. The number of ether oxygens (including phenoxy) is 1. The van der Waals surface area contributed by atoms with Gasteiger partial charge in [0.25, 0.3) is 0 Å². The lowest BCUT2D eigenvalue weighted by Gasteiger charge is -2.21. The molecule has 0 radical (unpaired) electrons. The summed E-state index contributed by atoms with van der Waals surface area (Å²) in [6.45, 7) is 3.10. The van der Waals surface area contributed by atoms with Crippen LogP contribution in [0, 0.1) is 0 Å². The second-order valence-corrected chi connectivity index (χ2v) is 5.56. The molecule has 0 spiro atoms. The monoisotopic (exact) mass is 307 g/mol. The summed E-state index contributed by atoms with van der Waals surface area (Å²) in [5.74, 6) is 0.858. The number of hydrogen-bond acceptors (Lipinski definition) is 3. The molecule has 2 aromatic rings. The van der Waals surface area contributed by atoms with Crippen molar-refractivity contribution in [2.45, 2.75) is 25.8 Å². The average Bonchev–Trinajstić information content (AvgIpc) is 2.88. The van der Waals surface area contributed by atoms with E-state index in [-0.39, 0.29) is 6.04 Å². The van der Waals surface area contributed by atoms with Crippen molar-refractivity contribution in [1.29, 1.82) is 0 Å². The number of benzene rings is 1. The summed E-state index contributed by atoms with van der Waals surface area (Å²) in [6.07, 6.45) is 5.87. The summed E-state index contributed by atoms with van der Waals surface area (Å²) in [6, 6.07) is 5.90. The minimum absolute atomic E-state index is 0.155. The van der Waals surface area contributed by atoms with Gasteiger partial charge in [-0.25, -0.2) is 0 Å². The molecular weight excluding hydrogens is 286 g/mol. The third kappa shape index (κ3) is 4.22. The number of nitrogens with one attached hydrogen (secondary N) is 1. The van der Waals surface area contributed by atoms with Crippen molar-refractivity contribution < 1.29 is 4.74 Å². The third-order valence-electron chi connectivity index (χ3n) is 3.41. The van der Waals surface area contributed by atoms with Crippen molar-refractivity contribution in [2.24, 2.45) is 7.05 Å². The average molecular weight is 308 g/mol. The standard InChI is InChI=1S/C16H22ClN3O/c1-4-7-18-15(8-12-10-19-20(2)11-12)14-9-13(17)5-6-16(14)21-3/h5-6,9-11,15,18H,4,7-8H2,1-3H3. The highest BCUT2D eigenvalue weighted by molar-refractivity contribution is 6.30. The molecule has 0 saturated carbocycles. The SMILES string of the molecule is CCCNC(Cc1cnn(C)c1)c1cc(Cl)ccc1OC. The van der Waals surface area contributed by atoms with E-state index in [4.69, 9.17) is 16.3 Å². The van der Waals surface area contributed by atoms with E-state index in [2.05, 4.69) is 17.3 Å². The molecule has 1 aromatic carbocycles. The Kier molecular flexibility index (Phi) is 5.65. The molecule has 2 rings (SSSR count). The zero-order chi connectivity index (χ0) is 15.2. The second kappa shape index (κ2) is 7.48. The summed E-state index contributed by atoms with van der Waals surface area (Å²) in [4.78, 5) is 0. The lowest BCUT2D eigenvalue weighted by Crippen LogP contribution is -2.24. The zero-order valence-corrected chi connectivity index (χ0v) is 13.5. The van der Waals surface area contributed by atoms with Gasteiger partial charge in [0.05, 0.1) is 13.3 Å². The van der Waals surface area contributed by atoms with Crippen molar-refractivity contribution >= 4 is 11.6 Å². The van der Waals surface area contributed by atoms with E-state index in [1.54, 1.807) is 7.11 Å². The molecule has 1 N–H and O–H groups in total. The zero-order valence-electron chi connectivity index (χ0n) is 12.8. The normalized spacial score (nSPS) is 12.4. The number of nitrogens with zero attached hydrogens (tertiary/aromatic N) is 2. The van der Waals surface area contributed by atoms with E-state index in [1.165, 1.54) is 5.56 Å². The topological polar surface area (TPSA) is 39.1 Å². The fourth-order valence-electron chi connectivity index (χ4n) is 2.40. The molecule has 5 heteroatoms. The van der Waals surface area contributed by atoms with Crippen LogP contribution >= 0.6 is 11.6 Å². The highest BCUT2D eigenvalue weighted by atomic mass is 35.5. The maximum Gasteiger partial charge on any atom is 0.123 e. The van der Waals surface area contributed by atoms with Crippen molar-refractivity contribution in [1.82, 2.24) is 15.1 Å². The number of hydrogen-bond donors (Lipinski definition) is 1. The second-order valence-electron chi connectivity index (χ2n) is 5.12. The van der Waals surface area contributed by atoms with Crippen LogP contribution in [0.4, 0.5) is 0 Å². The van der Waals surface area contributed by atoms with Crippen molar-refractivity contribution in [3.05, 3.63) is 46.7 Å². The van der Waals surface area contributed by atoms with Crippen LogP contribution in [0.25, 0.3) is 0 Å². The van der Waals surface area contributed by atoms with Crippen LogP contribution < -0.4 is 10.1 Å². The predicted octanol–water partition coefficient (Wildman–Crippen LogP) is 3.37. The van der Waals surface area contributed by atoms with E-state index < -0.39 is 0 Å². The van der Waals surface area contributed by atoms with E-state index in [1.807, 2.05) is 42.3 Å². The third-order valence-corrected chi connectivity index (χ3v) is 3.64. The quantitative estimate of drug-likeness (QED) is 0.852. The Labute approximate surface area is 131 Å². The highest BCUT2D eigenvalue weighted by Crippen LogP contribution is 2.30. The number of rotatable bonds is 7. The molecule has 0 aliphatic heterocycles. The molecule has 0 amide bonds. The van der Waals surface area contributed by atoms with Gasteiger partial charge in [0.1, 0.15) is 5.75 Å². The molecule has 1 atom stereocenters. The molecule has 0 fully saturated rings. The van der Waals surface area contributed by atoms with Gasteiger partial charge in [-0.3, -0.25) is 4.68 Å². The minimum atomic E-state index is 0.155. The van der Waals surface area contributed by atoms with E-state index in [9.17, 15) is 0 Å². The summed E-state index contributed by atoms with van der Waals surface area (Å²) in [7, 11) is 3.62. The summed E-state index contributed by atoms with van der Waals surface area (Å²) in [5.41, 5.74) is 2.27. The van der Waals surface area contributed by atoms with Gasteiger partial charge < -0.3 is 10.1 Å². The first-order chi connectivity index (χ1) is 10.1. The van der Waals surface area contributed by atoms with Crippen molar-refractivity contribution in [3.8, 4) is 5.75 Å².